The molecule has 0 spiro atoms. The van der Waals surface area contributed by atoms with E-state index in [4.69, 9.17) is 0 Å². The molecule has 0 unspecified atom stereocenters. The highest BCUT2D eigenvalue weighted by Crippen LogP contribution is 2.31. The van der Waals surface area contributed by atoms with E-state index in [1.165, 1.54) is 0 Å². The molecule has 0 atom stereocenters. The molecule has 2 amide bonds. The minimum absolute atomic E-state index is 0.0627. The summed E-state index contributed by atoms with van der Waals surface area (Å²) in [7, 11) is 0. The lowest BCUT2D eigenvalue weighted by Gasteiger charge is -2.17. The SMILES string of the molecule is O=C(Cn1cccn1)Nc1ccc2c(c1)CCN2C(=O)c1cccnc1. The van der Waals surface area contributed by atoms with Crippen LogP contribution in [0, 0.1) is 0 Å². The summed E-state index contributed by atoms with van der Waals surface area (Å²) in [5.41, 5.74) is 3.21. The summed E-state index contributed by atoms with van der Waals surface area (Å²) in [5.74, 6) is -0.206. The number of nitrogens with one attached hydrogen (secondary N) is 1. The molecule has 0 aliphatic carbocycles. The Morgan fingerprint density at radius 1 is 1.15 bits per heavy atom. The van der Waals surface area contributed by atoms with Crippen molar-refractivity contribution >= 4 is 23.2 Å². The molecule has 2 aromatic heterocycles. The van der Waals surface area contributed by atoms with E-state index in [9.17, 15) is 9.59 Å². The number of nitrogens with zero attached hydrogens (tertiary/aromatic N) is 4. The first-order valence-corrected chi connectivity index (χ1v) is 8.33. The number of pyridine rings is 1. The second-order valence-corrected chi connectivity index (χ2v) is 6.04. The standard InChI is InChI=1S/C19H17N5O2/c25-18(13-23-9-2-8-21-23)22-16-4-5-17-14(11-16)6-10-24(17)19(26)15-3-1-7-20-12-15/h1-5,7-9,11-12H,6,10,13H2,(H,22,25). The molecule has 0 saturated carbocycles. The molecule has 0 bridgehead atoms. The maximum Gasteiger partial charge on any atom is 0.259 e. The van der Waals surface area contributed by atoms with Crippen LogP contribution in [0.5, 0.6) is 0 Å². The number of carbonyl (C=O) groups excluding carboxylic acids is 2. The van der Waals surface area contributed by atoms with E-state index < -0.39 is 0 Å². The average molecular weight is 347 g/mol. The number of hydrogen-bond acceptors (Lipinski definition) is 4. The van der Waals surface area contributed by atoms with Gasteiger partial charge in [0.05, 0.1) is 5.56 Å². The molecule has 4 rings (SSSR count). The van der Waals surface area contributed by atoms with Gasteiger partial charge in [0.15, 0.2) is 0 Å². The number of rotatable bonds is 4. The first kappa shape index (κ1) is 16.0. The van der Waals surface area contributed by atoms with E-state index in [-0.39, 0.29) is 18.4 Å². The van der Waals surface area contributed by atoms with Gasteiger partial charge in [-0.15, -0.1) is 0 Å². The van der Waals surface area contributed by atoms with Gasteiger partial charge in [-0.2, -0.15) is 5.10 Å². The lowest BCUT2D eigenvalue weighted by molar-refractivity contribution is -0.116. The van der Waals surface area contributed by atoms with Crippen molar-refractivity contribution in [2.24, 2.45) is 0 Å². The van der Waals surface area contributed by atoms with Crippen LogP contribution in [0.15, 0.2) is 61.2 Å². The largest absolute Gasteiger partial charge is 0.324 e. The third-order valence-electron chi connectivity index (χ3n) is 4.28. The third kappa shape index (κ3) is 3.19. The maximum atomic E-state index is 12.7. The molecule has 1 aliphatic heterocycles. The molecule has 7 heteroatoms. The Bertz CT molecular complexity index is 938. The molecule has 1 aromatic carbocycles. The lowest BCUT2D eigenvalue weighted by atomic mass is 10.1. The Morgan fingerprint density at radius 2 is 2.08 bits per heavy atom. The Morgan fingerprint density at radius 3 is 2.85 bits per heavy atom. The molecule has 26 heavy (non-hydrogen) atoms. The minimum atomic E-state index is -0.144. The number of hydrogen-bond donors (Lipinski definition) is 1. The lowest BCUT2D eigenvalue weighted by Crippen LogP contribution is -2.28. The molecule has 0 fully saturated rings. The number of benzene rings is 1. The number of anilines is 2. The van der Waals surface area contributed by atoms with Crippen molar-refractivity contribution < 1.29 is 9.59 Å². The van der Waals surface area contributed by atoms with E-state index in [0.717, 1.165) is 23.4 Å². The van der Waals surface area contributed by atoms with E-state index >= 15 is 0 Å². The molecular formula is C19H17N5O2. The highest BCUT2D eigenvalue weighted by molar-refractivity contribution is 6.07. The summed E-state index contributed by atoms with van der Waals surface area (Å²) in [6, 6.07) is 10.9. The molecule has 3 heterocycles. The topological polar surface area (TPSA) is 80.1 Å². The minimum Gasteiger partial charge on any atom is -0.324 e. The van der Waals surface area contributed by atoms with Crippen molar-refractivity contribution in [3.63, 3.8) is 0 Å². The Balaban J connectivity index is 1.48. The highest BCUT2D eigenvalue weighted by atomic mass is 16.2. The van der Waals surface area contributed by atoms with Crippen molar-refractivity contribution in [3.05, 3.63) is 72.3 Å². The number of amides is 2. The molecule has 1 aliphatic rings. The van der Waals surface area contributed by atoms with Gasteiger partial charge in [-0.3, -0.25) is 19.3 Å². The van der Waals surface area contributed by atoms with Crippen LogP contribution in [0.3, 0.4) is 0 Å². The monoisotopic (exact) mass is 347 g/mol. The van der Waals surface area contributed by atoms with Gasteiger partial charge in [-0.25, -0.2) is 0 Å². The summed E-state index contributed by atoms with van der Waals surface area (Å²) >= 11 is 0. The second kappa shape index (κ2) is 6.79. The average Bonchev–Trinajstić information content (AvgIpc) is 3.31. The van der Waals surface area contributed by atoms with Crippen molar-refractivity contribution in [2.45, 2.75) is 13.0 Å². The molecular weight excluding hydrogens is 330 g/mol. The summed E-state index contributed by atoms with van der Waals surface area (Å²) in [4.78, 5) is 30.5. The molecule has 0 radical (unpaired) electrons. The predicted octanol–water partition coefficient (Wildman–Crippen LogP) is 2.12. The van der Waals surface area contributed by atoms with Crippen molar-refractivity contribution in [1.82, 2.24) is 14.8 Å². The Labute approximate surface area is 150 Å². The van der Waals surface area contributed by atoms with Crippen LogP contribution < -0.4 is 10.2 Å². The second-order valence-electron chi connectivity index (χ2n) is 6.04. The number of carbonyl (C=O) groups is 2. The number of fused-ring (bicyclic) bond motifs is 1. The van der Waals surface area contributed by atoms with Gasteiger partial charge in [0.2, 0.25) is 5.91 Å². The molecule has 130 valence electrons. The van der Waals surface area contributed by atoms with Gasteiger partial charge in [-0.1, -0.05) is 0 Å². The van der Waals surface area contributed by atoms with E-state index in [1.807, 2.05) is 18.2 Å². The first-order valence-electron chi connectivity index (χ1n) is 8.33. The smallest absolute Gasteiger partial charge is 0.259 e. The van der Waals surface area contributed by atoms with Crippen LogP contribution >= 0.6 is 0 Å². The summed E-state index contributed by atoms with van der Waals surface area (Å²) in [6.07, 6.45) is 7.35. The molecule has 0 saturated heterocycles. The van der Waals surface area contributed by atoms with Crippen molar-refractivity contribution in [3.8, 4) is 0 Å². The van der Waals surface area contributed by atoms with Crippen LogP contribution in [0.2, 0.25) is 0 Å². The van der Waals surface area contributed by atoms with E-state index in [1.54, 1.807) is 52.6 Å². The Kier molecular flexibility index (Phi) is 4.18. The quantitative estimate of drug-likeness (QED) is 0.784. The summed E-state index contributed by atoms with van der Waals surface area (Å²) in [5, 5.41) is 6.89. The highest BCUT2D eigenvalue weighted by Gasteiger charge is 2.26. The van der Waals surface area contributed by atoms with Crippen LogP contribution in [0.25, 0.3) is 0 Å². The van der Waals surface area contributed by atoms with Crippen LogP contribution in [0.1, 0.15) is 15.9 Å². The third-order valence-corrected chi connectivity index (χ3v) is 4.28. The summed E-state index contributed by atoms with van der Waals surface area (Å²) < 4.78 is 1.57. The van der Waals surface area contributed by atoms with Gasteiger partial charge in [-0.05, 0) is 48.4 Å². The zero-order valence-electron chi connectivity index (χ0n) is 14.0. The van der Waals surface area contributed by atoms with Crippen LogP contribution in [0.4, 0.5) is 11.4 Å². The molecule has 3 aromatic rings. The zero-order valence-corrected chi connectivity index (χ0v) is 14.0. The van der Waals surface area contributed by atoms with Crippen molar-refractivity contribution in [1.29, 1.82) is 0 Å². The van der Waals surface area contributed by atoms with Crippen LogP contribution in [-0.4, -0.2) is 33.1 Å². The normalized spacial score (nSPS) is 12.7. The maximum absolute atomic E-state index is 12.7. The molecule has 1 N–H and O–H groups in total. The summed E-state index contributed by atoms with van der Waals surface area (Å²) in [6.45, 7) is 0.781. The Hall–Kier alpha value is -3.48. The predicted molar refractivity (Wildman–Crippen MR) is 96.9 cm³/mol. The van der Waals surface area contributed by atoms with Gasteiger partial charge >= 0.3 is 0 Å². The molecule has 7 nitrogen and oxygen atoms in total. The van der Waals surface area contributed by atoms with E-state index in [2.05, 4.69) is 15.4 Å². The van der Waals surface area contributed by atoms with Gasteiger partial charge in [0.25, 0.3) is 5.91 Å². The van der Waals surface area contributed by atoms with Gasteiger partial charge in [0.1, 0.15) is 6.54 Å². The number of aromatic nitrogens is 3. The van der Waals surface area contributed by atoms with Gasteiger partial charge < -0.3 is 10.2 Å². The fourth-order valence-electron chi connectivity index (χ4n) is 3.08. The fraction of sp³-hybridized carbons (Fsp3) is 0.158. The fourth-order valence-corrected chi connectivity index (χ4v) is 3.08. The zero-order chi connectivity index (χ0) is 17.9. The van der Waals surface area contributed by atoms with E-state index in [0.29, 0.717) is 12.1 Å². The first-order chi connectivity index (χ1) is 12.7. The van der Waals surface area contributed by atoms with Crippen LogP contribution in [-0.2, 0) is 17.8 Å². The van der Waals surface area contributed by atoms with Crippen molar-refractivity contribution in [2.75, 3.05) is 16.8 Å². The van der Waals surface area contributed by atoms with Gasteiger partial charge in [0, 0.05) is 42.7 Å².